The third-order valence-electron chi connectivity index (χ3n) is 8.96. The van der Waals surface area contributed by atoms with Gasteiger partial charge in [0.05, 0.1) is 12.5 Å². The Bertz CT molecular complexity index is 641. The number of rotatable bonds is 1. The lowest BCUT2D eigenvalue weighted by Crippen LogP contribution is -2.49. The van der Waals surface area contributed by atoms with Crippen LogP contribution in [0.1, 0.15) is 83.1 Å². The fourth-order valence-electron chi connectivity index (χ4n) is 7.72. The smallest absolute Gasteiger partial charge is 0.0937 e. The van der Waals surface area contributed by atoms with Gasteiger partial charge in [0, 0.05) is 0 Å². The molecule has 0 amide bonds. The van der Waals surface area contributed by atoms with Crippen molar-refractivity contribution in [1.82, 2.24) is 0 Å². The Kier molecular flexibility index (Phi) is 3.35. The van der Waals surface area contributed by atoms with Gasteiger partial charge in [-0.05, 0) is 97.5 Å². The lowest BCUT2D eigenvalue weighted by molar-refractivity contribution is -0.0308. The van der Waals surface area contributed by atoms with Crippen LogP contribution in [0.5, 0.6) is 0 Å². The molecule has 1 heteroatoms. The zero-order valence-corrected chi connectivity index (χ0v) is 15.4. The molecule has 4 aliphatic rings. The minimum absolute atomic E-state index is 0.501. The van der Waals surface area contributed by atoms with E-state index in [0.29, 0.717) is 10.8 Å². The van der Waals surface area contributed by atoms with Gasteiger partial charge in [-0.3, -0.25) is 0 Å². The summed E-state index contributed by atoms with van der Waals surface area (Å²) in [5, 5.41) is 0. The third kappa shape index (κ3) is 1.93. The fraction of sp³-hybridized carbons (Fsp3) is 0.739. The van der Waals surface area contributed by atoms with Crippen LogP contribution in [-0.2, 0) is 0 Å². The second-order valence-electron chi connectivity index (χ2n) is 9.70. The van der Waals surface area contributed by atoms with Crippen molar-refractivity contribution in [3.8, 4) is 0 Å². The van der Waals surface area contributed by atoms with Crippen LogP contribution >= 0.6 is 0 Å². The molecule has 0 N–H and O–H groups in total. The molecule has 6 atom stereocenters. The van der Waals surface area contributed by atoms with E-state index in [1.54, 1.807) is 0 Å². The van der Waals surface area contributed by atoms with Gasteiger partial charge in [-0.15, -0.1) is 0 Å². The highest BCUT2D eigenvalue weighted by molar-refractivity contribution is 5.27. The van der Waals surface area contributed by atoms with Crippen LogP contribution in [0.2, 0.25) is 0 Å². The van der Waals surface area contributed by atoms with Crippen LogP contribution in [0.4, 0.5) is 0 Å². The van der Waals surface area contributed by atoms with Crippen molar-refractivity contribution >= 4 is 0 Å². The van der Waals surface area contributed by atoms with Gasteiger partial charge in [0.1, 0.15) is 0 Å². The summed E-state index contributed by atoms with van der Waals surface area (Å²) < 4.78 is 5.44. The molecule has 0 aliphatic heterocycles. The molecule has 130 valence electrons. The fourth-order valence-corrected chi connectivity index (χ4v) is 7.72. The van der Waals surface area contributed by atoms with Gasteiger partial charge in [0.25, 0.3) is 0 Å². The van der Waals surface area contributed by atoms with Crippen LogP contribution in [0.25, 0.3) is 0 Å². The first-order valence-electron chi connectivity index (χ1n) is 10.3. The molecule has 1 aromatic heterocycles. The summed E-state index contributed by atoms with van der Waals surface area (Å²) in [5.41, 5.74) is 4.34. The molecule has 3 fully saturated rings. The first-order valence-corrected chi connectivity index (χ1v) is 10.3. The van der Waals surface area contributed by atoms with E-state index in [0.717, 1.165) is 23.7 Å². The molecule has 0 radical (unpaired) electrons. The van der Waals surface area contributed by atoms with Gasteiger partial charge < -0.3 is 4.42 Å². The average Bonchev–Trinajstić information content (AvgIpc) is 3.20. The van der Waals surface area contributed by atoms with Gasteiger partial charge in [0.15, 0.2) is 0 Å². The number of hydrogen-bond acceptors (Lipinski definition) is 1. The second kappa shape index (κ2) is 5.26. The molecule has 5 rings (SSSR count). The van der Waals surface area contributed by atoms with Gasteiger partial charge in [-0.1, -0.05) is 31.9 Å². The Morgan fingerprint density at radius 3 is 2.79 bits per heavy atom. The Hall–Kier alpha value is -0.980. The molecule has 4 aliphatic carbocycles. The van der Waals surface area contributed by atoms with Crippen molar-refractivity contribution in [2.45, 2.75) is 77.6 Å². The molecular weight excluding hydrogens is 292 g/mol. The highest BCUT2D eigenvalue weighted by Crippen LogP contribution is 2.67. The topological polar surface area (TPSA) is 13.1 Å². The summed E-state index contributed by atoms with van der Waals surface area (Å²) >= 11 is 0. The Morgan fingerprint density at radius 2 is 1.96 bits per heavy atom. The Morgan fingerprint density at radius 1 is 1.04 bits per heavy atom. The van der Waals surface area contributed by atoms with Crippen LogP contribution in [0.3, 0.4) is 0 Å². The summed E-state index contributed by atoms with van der Waals surface area (Å²) in [5.74, 6) is 3.55. The van der Waals surface area contributed by atoms with Crippen molar-refractivity contribution < 1.29 is 4.42 Å². The van der Waals surface area contributed by atoms with Gasteiger partial charge >= 0.3 is 0 Å². The maximum Gasteiger partial charge on any atom is 0.0937 e. The minimum Gasteiger partial charge on any atom is -0.472 e. The molecular formula is C23H32O. The van der Waals surface area contributed by atoms with E-state index in [2.05, 4.69) is 26.0 Å². The predicted molar refractivity (Wildman–Crippen MR) is 97.8 cm³/mol. The first-order chi connectivity index (χ1) is 11.6. The average molecular weight is 325 g/mol. The third-order valence-corrected chi connectivity index (χ3v) is 8.96. The summed E-state index contributed by atoms with van der Waals surface area (Å²) in [6.07, 6.45) is 19.4. The number of furan rings is 1. The molecule has 1 aromatic rings. The SMILES string of the molecule is C[C@]12CC[C@H]3[C@@H](CC=C4CCCC[C@@]43C)[C@@H]1CC[C@H]2c1ccoc1. The van der Waals surface area contributed by atoms with Crippen molar-refractivity contribution in [2.75, 3.05) is 0 Å². The van der Waals surface area contributed by atoms with E-state index in [1.807, 2.05) is 18.1 Å². The molecule has 0 unspecified atom stereocenters. The lowest BCUT2D eigenvalue weighted by atomic mass is 9.47. The molecule has 1 heterocycles. The van der Waals surface area contributed by atoms with E-state index in [9.17, 15) is 0 Å². The standard InChI is InChI=1S/C23H32O/c1-22-12-4-3-5-17(22)6-7-18-20-9-8-19(16-11-14-24-15-16)23(20,2)13-10-21(18)22/h6,11,14-15,18-21H,3-5,7-10,12-13H2,1-2H3/t18-,19-,20-,21-,22-,23+/m0/s1. The summed E-state index contributed by atoms with van der Waals surface area (Å²) in [6.45, 7) is 5.24. The van der Waals surface area contributed by atoms with Crippen molar-refractivity contribution in [3.05, 3.63) is 35.8 Å². The summed E-state index contributed by atoms with van der Waals surface area (Å²) in [6, 6.07) is 2.23. The Balaban J connectivity index is 1.49. The molecule has 3 saturated carbocycles. The van der Waals surface area contributed by atoms with E-state index in [-0.39, 0.29) is 0 Å². The quantitative estimate of drug-likeness (QED) is 0.523. The zero-order valence-electron chi connectivity index (χ0n) is 15.4. The highest BCUT2D eigenvalue weighted by atomic mass is 16.3. The molecule has 1 nitrogen and oxygen atoms in total. The van der Waals surface area contributed by atoms with Crippen molar-refractivity contribution in [2.24, 2.45) is 28.6 Å². The summed E-state index contributed by atoms with van der Waals surface area (Å²) in [4.78, 5) is 0. The Labute approximate surface area is 146 Å². The molecule has 0 bridgehead atoms. The second-order valence-corrected chi connectivity index (χ2v) is 9.70. The molecule has 0 spiro atoms. The zero-order chi connectivity index (χ0) is 16.4. The van der Waals surface area contributed by atoms with Crippen LogP contribution in [0, 0.1) is 28.6 Å². The van der Waals surface area contributed by atoms with E-state index < -0.39 is 0 Å². The summed E-state index contributed by atoms with van der Waals surface area (Å²) in [7, 11) is 0. The maximum atomic E-state index is 5.44. The van der Waals surface area contributed by atoms with Crippen LogP contribution in [-0.4, -0.2) is 0 Å². The maximum absolute atomic E-state index is 5.44. The van der Waals surface area contributed by atoms with Gasteiger partial charge in [-0.2, -0.15) is 0 Å². The molecule has 24 heavy (non-hydrogen) atoms. The molecule has 0 saturated heterocycles. The highest BCUT2D eigenvalue weighted by Gasteiger charge is 2.58. The van der Waals surface area contributed by atoms with Gasteiger partial charge in [-0.25, -0.2) is 0 Å². The monoisotopic (exact) mass is 324 g/mol. The number of allylic oxidation sites excluding steroid dienone is 2. The largest absolute Gasteiger partial charge is 0.472 e. The van der Waals surface area contributed by atoms with Crippen LogP contribution in [0.15, 0.2) is 34.7 Å². The van der Waals surface area contributed by atoms with Gasteiger partial charge in [0.2, 0.25) is 0 Å². The lowest BCUT2D eigenvalue weighted by Gasteiger charge is -2.57. The van der Waals surface area contributed by atoms with E-state index >= 15 is 0 Å². The van der Waals surface area contributed by atoms with Crippen molar-refractivity contribution in [1.29, 1.82) is 0 Å². The normalized spacial score (nSPS) is 47.5. The van der Waals surface area contributed by atoms with Crippen LogP contribution < -0.4 is 0 Å². The van der Waals surface area contributed by atoms with E-state index in [1.165, 1.54) is 63.4 Å². The number of fused-ring (bicyclic) bond motifs is 5. The van der Waals surface area contributed by atoms with E-state index in [4.69, 9.17) is 4.42 Å². The molecule has 0 aromatic carbocycles. The number of hydrogen-bond donors (Lipinski definition) is 0. The minimum atomic E-state index is 0.501. The van der Waals surface area contributed by atoms with Crippen molar-refractivity contribution in [3.63, 3.8) is 0 Å². The predicted octanol–water partition coefficient (Wildman–Crippen LogP) is 6.72. The first kappa shape index (κ1) is 15.3.